The van der Waals surface area contributed by atoms with Crippen LogP contribution >= 0.6 is 8.58 Å². The smallest absolute Gasteiger partial charge is 0.193 e. The number of ether oxygens (including phenoxy) is 4. The van der Waals surface area contributed by atoms with Gasteiger partial charge in [-0.25, -0.2) is 0 Å². The first kappa shape index (κ1) is 21.0. The maximum absolute atomic E-state index is 13.0. The molecule has 2 aromatic carbocycles. The Morgan fingerprint density at radius 1 is 0.963 bits per heavy atom. The van der Waals surface area contributed by atoms with Gasteiger partial charge in [0.1, 0.15) is 28.6 Å². The van der Waals surface area contributed by atoms with Crippen molar-refractivity contribution in [3.8, 4) is 23.0 Å². The molecule has 0 radical (unpaired) electrons. The highest BCUT2D eigenvalue weighted by atomic mass is 31.1. The van der Waals surface area contributed by atoms with E-state index >= 15 is 0 Å². The second-order valence-electron chi connectivity index (χ2n) is 6.54. The quantitative estimate of drug-likeness (QED) is 0.601. The van der Waals surface area contributed by atoms with Crippen LogP contribution in [0.25, 0.3) is 0 Å². The summed E-state index contributed by atoms with van der Waals surface area (Å²) in [6.07, 6.45) is 0. The summed E-state index contributed by atoms with van der Waals surface area (Å²) in [4.78, 5) is 13.0. The van der Waals surface area contributed by atoms with E-state index in [1.807, 2.05) is 25.1 Å². The van der Waals surface area contributed by atoms with Gasteiger partial charge in [0.05, 0.1) is 27.9 Å². The average Bonchev–Trinajstić information content (AvgIpc) is 2.66. The predicted octanol–water partition coefficient (Wildman–Crippen LogP) is 4.20. The Balaban J connectivity index is 2.27. The van der Waals surface area contributed by atoms with Crippen LogP contribution in [0.1, 0.15) is 29.8 Å². The third-order valence-corrected chi connectivity index (χ3v) is 5.28. The van der Waals surface area contributed by atoms with Gasteiger partial charge in [-0.3, -0.25) is 4.79 Å². The highest BCUT2D eigenvalue weighted by Gasteiger charge is 2.21. The first-order chi connectivity index (χ1) is 12.9. The molecule has 2 rings (SSSR count). The van der Waals surface area contributed by atoms with Crippen LogP contribution in [0, 0.1) is 12.8 Å². The summed E-state index contributed by atoms with van der Waals surface area (Å²) in [5.74, 6) is 2.74. The SMILES string of the molecule is COc1cc(OC)c(C(=O)Pc2ccc(OCC(C)C)cc2C)c(OC)c1. The molecule has 146 valence electrons. The molecular weight excluding hydrogens is 363 g/mol. The summed E-state index contributed by atoms with van der Waals surface area (Å²) >= 11 is 0. The van der Waals surface area contributed by atoms with Crippen molar-refractivity contribution in [1.82, 2.24) is 0 Å². The van der Waals surface area contributed by atoms with E-state index in [4.69, 9.17) is 18.9 Å². The molecule has 0 bridgehead atoms. The van der Waals surface area contributed by atoms with E-state index in [2.05, 4.69) is 13.8 Å². The van der Waals surface area contributed by atoms with Gasteiger partial charge in [0.2, 0.25) is 0 Å². The van der Waals surface area contributed by atoms with Crippen LogP contribution in [0.2, 0.25) is 0 Å². The molecule has 0 fully saturated rings. The van der Waals surface area contributed by atoms with Crippen LogP contribution in [0.5, 0.6) is 23.0 Å². The number of benzene rings is 2. The van der Waals surface area contributed by atoms with E-state index < -0.39 is 0 Å². The minimum Gasteiger partial charge on any atom is -0.496 e. The molecule has 0 aromatic heterocycles. The number of hydrogen-bond donors (Lipinski definition) is 0. The fourth-order valence-corrected chi connectivity index (χ4v) is 3.60. The lowest BCUT2D eigenvalue weighted by molar-refractivity contribution is 0.108. The van der Waals surface area contributed by atoms with Crippen molar-refractivity contribution in [3.05, 3.63) is 41.5 Å². The standard InChI is InChI=1S/C21H27O5P/c1-13(2)12-26-15-7-8-19(14(3)9-15)27-21(22)20-17(24-5)10-16(23-4)11-18(20)25-6/h7-11,13,27H,12H2,1-6H3. The molecule has 0 spiro atoms. The van der Waals surface area contributed by atoms with Gasteiger partial charge in [0.15, 0.2) is 5.52 Å². The largest absolute Gasteiger partial charge is 0.496 e. The van der Waals surface area contributed by atoms with E-state index in [-0.39, 0.29) is 14.1 Å². The molecule has 0 aliphatic heterocycles. The van der Waals surface area contributed by atoms with Crippen LogP contribution in [-0.2, 0) is 0 Å². The summed E-state index contributed by atoms with van der Waals surface area (Å²) in [5.41, 5.74) is 1.40. The molecule has 1 unspecified atom stereocenters. The lowest BCUT2D eigenvalue weighted by Crippen LogP contribution is -2.09. The zero-order valence-electron chi connectivity index (χ0n) is 16.7. The minimum absolute atomic E-state index is 0.0506. The Kier molecular flexibility index (Phi) is 7.49. The number of hydrogen-bond acceptors (Lipinski definition) is 5. The first-order valence-electron chi connectivity index (χ1n) is 8.74. The molecule has 27 heavy (non-hydrogen) atoms. The van der Waals surface area contributed by atoms with Crippen molar-refractivity contribution in [3.63, 3.8) is 0 Å². The van der Waals surface area contributed by atoms with Gasteiger partial charge in [0, 0.05) is 12.1 Å². The Morgan fingerprint density at radius 2 is 1.59 bits per heavy atom. The second kappa shape index (κ2) is 9.61. The van der Waals surface area contributed by atoms with Gasteiger partial charge in [0.25, 0.3) is 0 Å². The van der Waals surface area contributed by atoms with E-state index in [1.54, 1.807) is 19.2 Å². The Bertz CT molecular complexity index is 776. The third-order valence-electron chi connectivity index (χ3n) is 3.97. The fraction of sp³-hybridized carbons (Fsp3) is 0.381. The van der Waals surface area contributed by atoms with Gasteiger partial charge in [-0.2, -0.15) is 0 Å². The number of methoxy groups -OCH3 is 3. The van der Waals surface area contributed by atoms with Crippen molar-refractivity contribution in [2.75, 3.05) is 27.9 Å². The molecule has 0 saturated carbocycles. The van der Waals surface area contributed by atoms with Crippen LogP contribution in [0.4, 0.5) is 0 Å². The monoisotopic (exact) mass is 390 g/mol. The summed E-state index contributed by atoms with van der Waals surface area (Å²) in [5, 5.41) is 0.969. The van der Waals surface area contributed by atoms with Crippen molar-refractivity contribution in [2.24, 2.45) is 5.92 Å². The molecular formula is C21H27O5P. The summed E-state index contributed by atoms with van der Waals surface area (Å²) in [6.45, 7) is 6.87. The van der Waals surface area contributed by atoms with Crippen molar-refractivity contribution < 1.29 is 23.7 Å². The third kappa shape index (κ3) is 5.36. The first-order valence-corrected chi connectivity index (χ1v) is 9.74. The van der Waals surface area contributed by atoms with Gasteiger partial charge in [-0.1, -0.05) is 19.9 Å². The predicted molar refractivity (Wildman–Crippen MR) is 110 cm³/mol. The van der Waals surface area contributed by atoms with E-state index in [0.29, 0.717) is 35.3 Å². The minimum atomic E-state index is -0.0507. The van der Waals surface area contributed by atoms with Crippen LogP contribution in [0.3, 0.4) is 0 Å². The van der Waals surface area contributed by atoms with Crippen molar-refractivity contribution in [1.29, 1.82) is 0 Å². The lowest BCUT2D eigenvalue weighted by atomic mass is 10.2. The molecule has 0 amide bonds. The van der Waals surface area contributed by atoms with Crippen molar-refractivity contribution >= 4 is 19.4 Å². The molecule has 6 heteroatoms. The summed E-state index contributed by atoms with van der Waals surface area (Å²) in [7, 11) is 4.56. The molecule has 1 atom stereocenters. The molecule has 0 saturated heterocycles. The fourth-order valence-electron chi connectivity index (χ4n) is 2.54. The molecule has 0 aliphatic carbocycles. The maximum atomic E-state index is 13.0. The van der Waals surface area contributed by atoms with Gasteiger partial charge < -0.3 is 18.9 Å². The van der Waals surface area contributed by atoms with E-state index in [9.17, 15) is 4.79 Å². The van der Waals surface area contributed by atoms with Crippen LogP contribution in [-0.4, -0.2) is 33.5 Å². The van der Waals surface area contributed by atoms with Gasteiger partial charge in [-0.15, -0.1) is 0 Å². The van der Waals surface area contributed by atoms with Gasteiger partial charge in [-0.05, 0) is 44.4 Å². The van der Waals surface area contributed by atoms with Gasteiger partial charge >= 0.3 is 0 Å². The highest BCUT2D eigenvalue weighted by Crippen LogP contribution is 2.38. The van der Waals surface area contributed by atoms with Crippen LogP contribution < -0.4 is 24.3 Å². The molecule has 2 aromatic rings. The molecule has 0 N–H and O–H groups in total. The normalized spacial score (nSPS) is 11.1. The Morgan fingerprint density at radius 3 is 2.07 bits per heavy atom. The number of carbonyl (C=O) groups is 1. The maximum Gasteiger partial charge on any atom is 0.193 e. The Hall–Kier alpha value is -2.26. The van der Waals surface area contributed by atoms with Crippen LogP contribution in [0.15, 0.2) is 30.3 Å². The zero-order chi connectivity index (χ0) is 20.0. The molecule has 0 aliphatic rings. The number of aryl methyl sites for hydroxylation is 1. The molecule has 0 heterocycles. The number of rotatable bonds is 9. The second-order valence-corrected chi connectivity index (χ2v) is 7.79. The average molecular weight is 390 g/mol. The zero-order valence-corrected chi connectivity index (χ0v) is 17.7. The van der Waals surface area contributed by atoms with Crippen molar-refractivity contribution in [2.45, 2.75) is 20.8 Å². The summed E-state index contributed by atoms with van der Waals surface area (Å²) < 4.78 is 21.8. The topological polar surface area (TPSA) is 54.0 Å². The summed E-state index contributed by atoms with van der Waals surface area (Å²) in [6, 6.07) is 9.21. The Labute approximate surface area is 162 Å². The lowest BCUT2D eigenvalue weighted by Gasteiger charge is -2.15. The number of carbonyl (C=O) groups excluding carboxylic acids is 1. The van der Waals surface area contributed by atoms with E-state index in [1.165, 1.54) is 14.2 Å². The molecule has 5 nitrogen and oxygen atoms in total. The van der Waals surface area contributed by atoms with E-state index in [0.717, 1.165) is 16.6 Å². The highest BCUT2D eigenvalue weighted by molar-refractivity contribution is 7.66.